The van der Waals surface area contributed by atoms with Crippen LogP contribution in [-0.4, -0.2) is 9.13 Å². The fourth-order valence-corrected chi connectivity index (χ4v) is 4.74. The Morgan fingerprint density at radius 2 is 1.73 bits per heavy atom. The maximum absolute atomic E-state index is 13.1. The average Bonchev–Trinajstić information content (AvgIpc) is 2.76. The minimum absolute atomic E-state index is 0.141. The summed E-state index contributed by atoms with van der Waals surface area (Å²) in [5.41, 5.74) is 3.55. The van der Waals surface area contributed by atoms with Crippen LogP contribution in [0.4, 0.5) is 0 Å². The summed E-state index contributed by atoms with van der Waals surface area (Å²) in [6.45, 7) is 2.55. The number of nitrogens with zero attached hydrogens (tertiary/aromatic N) is 2. The maximum Gasteiger partial charge on any atom is 0.331 e. The first-order valence-corrected chi connectivity index (χ1v) is 10.9. The third-order valence-corrected chi connectivity index (χ3v) is 6.71. The minimum atomic E-state index is -0.245. The molecule has 30 heavy (non-hydrogen) atoms. The smallest absolute Gasteiger partial charge is 0.300 e. The summed E-state index contributed by atoms with van der Waals surface area (Å²) in [6.07, 6.45) is 3.51. The van der Waals surface area contributed by atoms with E-state index in [9.17, 15) is 9.59 Å². The van der Waals surface area contributed by atoms with Gasteiger partial charge in [-0.25, -0.2) is 4.79 Å². The highest BCUT2D eigenvalue weighted by atomic mass is 35.5. The Kier molecular flexibility index (Phi) is 5.96. The van der Waals surface area contributed by atoms with Crippen LogP contribution in [0, 0.1) is 11.8 Å². The molecule has 0 fully saturated rings. The summed E-state index contributed by atoms with van der Waals surface area (Å²) in [4.78, 5) is 26.1. The van der Waals surface area contributed by atoms with Crippen molar-refractivity contribution >= 4 is 11.6 Å². The Morgan fingerprint density at radius 1 is 1.03 bits per heavy atom. The number of benzene rings is 2. The molecule has 0 amide bonds. The van der Waals surface area contributed by atoms with Gasteiger partial charge in [0.1, 0.15) is 0 Å². The summed E-state index contributed by atoms with van der Waals surface area (Å²) in [7, 11) is 1.79. The van der Waals surface area contributed by atoms with Crippen molar-refractivity contribution in [1.82, 2.24) is 9.13 Å². The lowest BCUT2D eigenvalue weighted by molar-refractivity contribution is 0.307. The van der Waals surface area contributed by atoms with Gasteiger partial charge in [0.25, 0.3) is 5.56 Å². The number of rotatable bonds is 5. The Balaban J connectivity index is 1.60. The van der Waals surface area contributed by atoms with Crippen molar-refractivity contribution in [3.05, 3.63) is 103 Å². The highest BCUT2D eigenvalue weighted by Gasteiger charge is 2.28. The van der Waals surface area contributed by atoms with Crippen LogP contribution in [-0.2, 0) is 32.9 Å². The second-order valence-corrected chi connectivity index (χ2v) is 8.89. The lowest BCUT2D eigenvalue weighted by Gasteiger charge is -2.30. The molecule has 3 aromatic rings. The number of hydrogen-bond donors (Lipinski definition) is 0. The van der Waals surface area contributed by atoms with Gasteiger partial charge in [0, 0.05) is 23.3 Å². The van der Waals surface area contributed by atoms with Crippen LogP contribution < -0.4 is 11.2 Å². The second kappa shape index (κ2) is 8.65. The van der Waals surface area contributed by atoms with Crippen LogP contribution in [0.2, 0.25) is 5.02 Å². The number of halogens is 1. The quantitative estimate of drug-likeness (QED) is 0.617. The number of hydrogen-bond acceptors (Lipinski definition) is 2. The molecule has 0 N–H and O–H groups in total. The van der Waals surface area contributed by atoms with Gasteiger partial charge in [-0.3, -0.25) is 9.36 Å². The summed E-state index contributed by atoms with van der Waals surface area (Å²) < 4.78 is 3.05. The van der Waals surface area contributed by atoms with E-state index in [1.54, 1.807) is 23.7 Å². The average molecular weight is 423 g/mol. The fourth-order valence-electron chi connectivity index (χ4n) is 4.61. The molecule has 1 aliphatic carbocycles. The van der Waals surface area contributed by atoms with Gasteiger partial charge in [-0.05, 0) is 60.8 Å². The van der Waals surface area contributed by atoms with Gasteiger partial charge in [-0.15, -0.1) is 0 Å². The monoisotopic (exact) mass is 422 g/mol. The number of aromatic nitrogens is 2. The zero-order valence-corrected chi connectivity index (χ0v) is 18.2. The van der Waals surface area contributed by atoms with Crippen LogP contribution in [0.5, 0.6) is 0 Å². The molecule has 0 spiro atoms. The predicted octanol–water partition coefficient (Wildman–Crippen LogP) is 4.23. The van der Waals surface area contributed by atoms with Gasteiger partial charge in [0.2, 0.25) is 0 Å². The standard InChI is InChI=1S/C25H27ClN2O2/c1-17(14-18-6-4-3-5-7-18)20-10-13-22-23(15-20)27(2)25(30)28(24(22)29)16-19-8-11-21(26)12-9-19/h3-9,11-12,17,20H,10,13-16H2,1-2H3. The molecule has 0 aliphatic heterocycles. The molecule has 0 saturated carbocycles. The molecule has 1 heterocycles. The van der Waals surface area contributed by atoms with Crippen molar-refractivity contribution < 1.29 is 0 Å². The van der Waals surface area contributed by atoms with Crippen molar-refractivity contribution in [3.63, 3.8) is 0 Å². The Hall–Kier alpha value is -2.59. The van der Waals surface area contributed by atoms with E-state index in [1.807, 2.05) is 18.2 Å². The molecule has 1 aliphatic rings. The molecule has 2 atom stereocenters. The van der Waals surface area contributed by atoms with E-state index in [2.05, 4.69) is 31.2 Å². The summed E-state index contributed by atoms with van der Waals surface area (Å²) in [6, 6.07) is 17.8. The van der Waals surface area contributed by atoms with Crippen molar-refractivity contribution in [2.24, 2.45) is 18.9 Å². The topological polar surface area (TPSA) is 44.0 Å². The summed E-state index contributed by atoms with van der Waals surface area (Å²) in [5.74, 6) is 0.960. The van der Waals surface area contributed by atoms with E-state index in [0.29, 0.717) is 16.9 Å². The highest BCUT2D eigenvalue weighted by Crippen LogP contribution is 2.30. The van der Waals surface area contributed by atoms with Crippen molar-refractivity contribution in [2.75, 3.05) is 0 Å². The normalized spacial score (nSPS) is 16.8. The van der Waals surface area contributed by atoms with Crippen LogP contribution >= 0.6 is 11.6 Å². The minimum Gasteiger partial charge on any atom is -0.300 e. The predicted molar refractivity (Wildman–Crippen MR) is 121 cm³/mol. The van der Waals surface area contributed by atoms with Crippen molar-refractivity contribution in [3.8, 4) is 0 Å². The van der Waals surface area contributed by atoms with E-state index in [0.717, 1.165) is 42.5 Å². The van der Waals surface area contributed by atoms with Gasteiger partial charge in [-0.2, -0.15) is 0 Å². The van der Waals surface area contributed by atoms with Gasteiger partial charge < -0.3 is 4.57 Å². The van der Waals surface area contributed by atoms with Gasteiger partial charge in [-0.1, -0.05) is 61.0 Å². The molecular weight excluding hydrogens is 396 g/mol. The van der Waals surface area contributed by atoms with Crippen molar-refractivity contribution in [2.45, 2.75) is 39.2 Å². The van der Waals surface area contributed by atoms with E-state index in [4.69, 9.17) is 11.6 Å². The first-order valence-electron chi connectivity index (χ1n) is 10.5. The first kappa shape index (κ1) is 20.7. The van der Waals surface area contributed by atoms with Crippen LogP contribution in [0.25, 0.3) is 0 Å². The van der Waals surface area contributed by atoms with E-state index < -0.39 is 0 Å². The Bertz CT molecular complexity index is 1150. The molecule has 0 saturated heterocycles. The molecule has 0 radical (unpaired) electrons. The third-order valence-electron chi connectivity index (χ3n) is 6.45. The SMILES string of the molecule is CC(Cc1ccccc1)C1CCc2c(n(C)c(=O)n(Cc3ccc(Cl)cc3)c2=O)C1. The van der Waals surface area contributed by atoms with E-state index in [-0.39, 0.29) is 17.8 Å². The zero-order valence-electron chi connectivity index (χ0n) is 17.5. The van der Waals surface area contributed by atoms with Gasteiger partial charge in [0.05, 0.1) is 6.54 Å². The van der Waals surface area contributed by atoms with Crippen LogP contribution in [0.1, 0.15) is 35.7 Å². The zero-order chi connectivity index (χ0) is 21.3. The first-order chi connectivity index (χ1) is 14.4. The molecular formula is C25H27ClN2O2. The molecule has 4 nitrogen and oxygen atoms in total. The number of fused-ring (bicyclic) bond motifs is 1. The van der Waals surface area contributed by atoms with E-state index >= 15 is 0 Å². The highest BCUT2D eigenvalue weighted by molar-refractivity contribution is 6.30. The Morgan fingerprint density at radius 3 is 2.43 bits per heavy atom. The van der Waals surface area contributed by atoms with Gasteiger partial charge >= 0.3 is 5.69 Å². The van der Waals surface area contributed by atoms with Crippen LogP contribution in [0.15, 0.2) is 64.2 Å². The van der Waals surface area contributed by atoms with Gasteiger partial charge in [0.15, 0.2) is 0 Å². The molecule has 4 rings (SSSR count). The molecule has 156 valence electrons. The molecule has 0 bridgehead atoms. The summed E-state index contributed by atoms with van der Waals surface area (Å²) in [5, 5.41) is 0.639. The maximum atomic E-state index is 13.1. The third kappa shape index (κ3) is 4.15. The largest absolute Gasteiger partial charge is 0.331 e. The van der Waals surface area contributed by atoms with E-state index in [1.165, 1.54) is 10.1 Å². The fraction of sp³-hybridized carbons (Fsp3) is 0.360. The lowest BCUT2D eigenvalue weighted by atomic mass is 9.77. The van der Waals surface area contributed by atoms with Crippen LogP contribution in [0.3, 0.4) is 0 Å². The molecule has 5 heteroatoms. The molecule has 2 unspecified atom stereocenters. The van der Waals surface area contributed by atoms with Crippen molar-refractivity contribution in [1.29, 1.82) is 0 Å². The molecule has 1 aromatic heterocycles. The summed E-state index contributed by atoms with van der Waals surface area (Å²) >= 11 is 5.95. The lowest BCUT2D eigenvalue weighted by Crippen LogP contribution is -2.45. The Labute approximate surface area is 181 Å². The molecule has 2 aromatic carbocycles. The second-order valence-electron chi connectivity index (χ2n) is 8.45.